The summed E-state index contributed by atoms with van der Waals surface area (Å²) in [6, 6.07) is 0.426. The monoisotopic (exact) mass is 120 g/mol. The number of hydrogen-bond acceptors (Lipinski definition) is 2. The summed E-state index contributed by atoms with van der Waals surface area (Å²) in [5.74, 6) is 0.495. The minimum absolute atomic E-state index is 0.426. The third kappa shape index (κ3) is 0.669. The molecular weight excluding hydrogens is 112 g/mol. The predicted molar refractivity (Wildman–Crippen MR) is 37.2 cm³/mol. The zero-order valence-corrected chi connectivity index (χ0v) is 4.99. The van der Waals surface area contributed by atoms with Crippen LogP contribution in [0.2, 0.25) is 0 Å². The quantitative estimate of drug-likeness (QED) is 0.499. The summed E-state index contributed by atoms with van der Waals surface area (Å²) in [7, 11) is 0. The number of hydrazone groups is 1. The van der Waals surface area contributed by atoms with Crippen molar-refractivity contribution in [3.63, 3.8) is 0 Å². The molecule has 0 aromatic heterocycles. The Morgan fingerprint density at radius 3 is 3.00 bits per heavy atom. The Bertz CT molecular complexity index is 191. The van der Waals surface area contributed by atoms with Gasteiger partial charge in [-0.15, -0.1) is 0 Å². The molecule has 1 aliphatic carbocycles. The number of nitrogens with zero attached hydrogens (tertiary/aromatic N) is 1. The van der Waals surface area contributed by atoms with Crippen molar-refractivity contribution in [3.05, 3.63) is 24.3 Å². The van der Waals surface area contributed by atoms with Gasteiger partial charge in [-0.05, 0) is 0 Å². The van der Waals surface area contributed by atoms with E-state index in [0.717, 1.165) is 0 Å². The van der Waals surface area contributed by atoms with E-state index in [-0.39, 0.29) is 0 Å². The fourth-order valence-corrected chi connectivity index (χ4v) is 1.11. The highest BCUT2D eigenvalue weighted by atomic mass is 15.3. The number of rotatable bonds is 0. The van der Waals surface area contributed by atoms with Crippen LogP contribution in [0.3, 0.4) is 0 Å². The Hall–Kier alpha value is -1.05. The lowest BCUT2D eigenvalue weighted by atomic mass is 9.98. The SMILES string of the molecule is C1=CC2C=NN[C@@H]2C=C1. The molecule has 2 rings (SSSR count). The van der Waals surface area contributed by atoms with E-state index in [1.54, 1.807) is 0 Å². The van der Waals surface area contributed by atoms with Crippen LogP contribution in [0.25, 0.3) is 0 Å². The molecule has 2 heteroatoms. The molecular formula is C7H8N2. The van der Waals surface area contributed by atoms with Crippen LogP contribution in [0, 0.1) is 5.92 Å². The second kappa shape index (κ2) is 1.72. The van der Waals surface area contributed by atoms with Crippen LogP contribution in [-0.4, -0.2) is 12.3 Å². The van der Waals surface area contributed by atoms with E-state index in [9.17, 15) is 0 Å². The summed E-state index contributed by atoms with van der Waals surface area (Å²) in [4.78, 5) is 0. The molecule has 0 saturated carbocycles. The highest BCUT2D eigenvalue weighted by molar-refractivity contribution is 5.67. The van der Waals surface area contributed by atoms with Crippen molar-refractivity contribution in [1.29, 1.82) is 0 Å². The van der Waals surface area contributed by atoms with Gasteiger partial charge >= 0.3 is 0 Å². The maximum absolute atomic E-state index is 3.95. The summed E-state index contributed by atoms with van der Waals surface area (Å²) in [6.45, 7) is 0. The molecule has 0 fully saturated rings. The molecule has 0 saturated heterocycles. The van der Waals surface area contributed by atoms with Crippen LogP contribution in [-0.2, 0) is 0 Å². The topological polar surface area (TPSA) is 24.4 Å². The molecule has 0 aromatic carbocycles. The largest absolute Gasteiger partial charge is 0.302 e. The standard InChI is InChI=1S/C7H8N2/c1-2-4-7-6(3-1)5-8-9-7/h1-7,9H/t6?,7-/m1/s1. The first-order valence-electron chi connectivity index (χ1n) is 3.10. The fraction of sp³-hybridized carbons (Fsp3) is 0.286. The van der Waals surface area contributed by atoms with Gasteiger partial charge < -0.3 is 5.43 Å². The number of allylic oxidation sites excluding steroid dienone is 2. The minimum atomic E-state index is 0.426. The van der Waals surface area contributed by atoms with Gasteiger partial charge in [0.1, 0.15) is 0 Å². The Balaban J connectivity index is 2.25. The van der Waals surface area contributed by atoms with E-state index < -0.39 is 0 Å². The van der Waals surface area contributed by atoms with Crippen molar-refractivity contribution in [1.82, 2.24) is 5.43 Å². The Labute approximate surface area is 54.0 Å². The summed E-state index contributed by atoms with van der Waals surface area (Å²) in [5.41, 5.74) is 2.99. The van der Waals surface area contributed by atoms with Gasteiger partial charge in [0.25, 0.3) is 0 Å². The van der Waals surface area contributed by atoms with E-state index in [1.807, 2.05) is 12.3 Å². The lowest BCUT2D eigenvalue weighted by molar-refractivity contribution is 0.622. The van der Waals surface area contributed by atoms with Crippen molar-refractivity contribution in [2.75, 3.05) is 0 Å². The van der Waals surface area contributed by atoms with E-state index in [0.29, 0.717) is 12.0 Å². The van der Waals surface area contributed by atoms with E-state index >= 15 is 0 Å². The fourth-order valence-electron chi connectivity index (χ4n) is 1.11. The molecule has 0 bridgehead atoms. The maximum Gasteiger partial charge on any atom is 0.0736 e. The van der Waals surface area contributed by atoms with Crippen LogP contribution < -0.4 is 5.43 Å². The molecule has 0 aromatic rings. The highest BCUT2D eigenvalue weighted by Gasteiger charge is 2.19. The number of nitrogens with one attached hydrogen (secondary N) is 1. The van der Waals surface area contributed by atoms with Crippen molar-refractivity contribution < 1.29 is 0 Å². The normalized spacial score (nSPS) is 36.4. The Morgan fingerprint density at radius 1 is 1.22 bits per heavy atom. The van der Waals surface area contributed by atoms with E-state index in [2.05, 4.69) is 28.8 Å². The molecule has 0 amide bonds. The lowest BCUT2D eigenvalue weighted by Crippen LogP contribution is -2.24. The summed E-state index contributed by atoms with van der Waals surface area (Å²) in [5, 5.41) is 3.95. The molecule has 2 aliphatic rings. The Kier molecular flexibility index (Phi) is 0.918. The van der Waals surface area contributed by atoms with Gasteiger partial charge in [-0.1, -0.05) is 24.3 Å². The van der Waals surface area contributed by atoms with Crippen LogP contribution >= 0.6 is 0 Å². The first-order valence-corrected chi connectivity index (χ1v) is 3.10. The van der Waals surface area contributed by atoms with Crippen molar-refractivity contribution in [2.24, 2.45) is 11.0 Å². The third-order valence-electron chi connectivity index (χ3n) is 1.65. The van der Waals surface area contributed by atoms with Crippen molar-refractivity contribution in [3.8, 4) is 0 Å². The average molecular weight is 120 g/mol. The van der Waals surface area contributed by atoms with Crippen molar-refractivity contribution in [2.45, 2.75) is 6.04 Å². The molecule has 9 heavy (non-hydrogen) atoms. The molecule has 1 unspecified atom stereocenters. The van der Waals surface area contributed by atoms with Crippen LogP contribution in [0.1, 0.15) is 0 Å². The average Bonchev–Trinajstić information content (AvgIpc) is 2.33. The van der Waals surface area contributed by atoms with Gasteiger partial charge in [-0.25, -0.2) is 0 Å². The molecule has 46 valence electrons. The molecule has 2 atom stereocenters. The summed E-state index contributed by atoms with van der Waals surface area (Å²) < 4.78 is 0. The Morgan fingerprint density at radius 2 is 2.11 bits per heavy atom. The van der Waals surface area contributed by atoms with Crippen LogP contribution in [0.5, 0.6) is 0 Å². The number of hydrogen-bond donors (Lipinski definition) is 1. The van der Waals surface area contributed by atoms with Gasteiger partial charge in [-0.2, -0.15) is 5.10 Å². The van der Waals surface area contributed by atoms with Gasteiger partial charge in [0.2, 0.25) is 0 Å². The minimum Gasteiger partial charge on any atom is -0.302 e. The molecule has 2 nitrogen and oxygen atoms in total. The predicted octanol–water partition coefficient (Wildman–Crippen LogP) is 0.686. The summed E-state index contributed by atoms with van der Waals surface area (Å²) >= 11 is 0. The van der Waals surface area contributed by atoms with Gasteiger partial charge in [0.05, 0.1) is 6.04 Å². The molecule has 0 radical (unpaired) electrons. The van der Waals surface area contributed by atoms with Gasteiger partial charge in [0.15, 0.2) is 0 Å². The maximum atomic E-state index is 3.95. The van der Waals surface area contributed by atoms with Crippen molar-refractivity contribution >= 4 is 6.21 Å². The first-order chi connectivity index (χ1) is 4.47. The second-order valence-electron chi connectivity index (χ2n) is 2.28. The molecule has 1 aliphatic heterocycles. The summed E-state index contributed by atoms with van der Waals surface area (Å²) in [6.07, 6.45) is 10.3. The molecule has 0 spiro atoms. The number of fused-ring (bicyclic) bond motifs is 1. The first kappa shape index (κ1) is 4.79. The zero-order chi connectivity index (χ0) is 6.10. The molecule has 1 heterocycles. The smallest absolute Gasteiger partial charge is 0.0736 e. The highest BCUT2D eigenvalue weighted by Crippen LogP contribution is 2.13. The zero-order valence-electron chi connectivity index (χ0n) is 4.99. The van der Waals surface area contributed by atoms with Crippen LogP contribution in [0.4, 0.5) is 0 Å². The van der Waals surface area contributed by atoms with E-state index in [4.69, 9.17) is 0 Å². The van der Waals surface area contributed by atoms with Crippen LogP contribution in [0.15, 0.2) is 29.4 Å². The van der Waals surface area contributed by atoms with Gasteiger partial charge in [0, 0.05) is 12.1 Å². The molecule has 1 N–H and O–H groups in total. The van der Waals surface area contributed by atoms with E-state index in [1.165, 1.54) is 0 Å². The van der Waals surface area contributed by atoms with Gasteiger partial charge in [-0.3, -0.25) is 0 Å². The third-order valence-corrected chi connectivity index (χ3v) is 1.65. The lowest BCUT2D eigenvalue weighted by Gasteiger charge is -2.11. The second-order valence-corrected chi connectivity index (χ2v) is 2.28.